The van der Waals surface area contributed by atoms with Gasteiger partial charge >= 0.3 is 0 Å². The lowest BCUT2D eigenvalue weighted by molar-refractivity contribution is -0.132. The maximum Gasteiger partial charge on any atom is 0.226 e. The molecule has 9 heteroatoms. The van der Waals surface area contributed by atoms with Gasteiger partial charge in [0.1, 0.15) is 23.8 Å². The molecular weight excluding hydrogens is 413 g/mol. The molecule has 32 heavy (non-hydrogen) atoms. The molecule has 5 rings (SSSR count). The number of piperazine rings is 1. The van der Waals surface area contributed by atoms with E-state index in [4.69, 9.17) is 4.84 Å². The van der Waals surface area contributed by atoms with Crippen LogP contribution in [0, 0.1) is 5.82 Å². The van der Waals surface area contributed by atoms with Gasteiger partial charge in [-0.3, -0.25) is 4.79 Å². The van der Waals surface area contributed by atoms with Crippen LogP contribution in [-0.4, -0.2) is 65.1 Å². The highest BCUT2D eigenvalue weighted by molar-refractivity contribution is 6.58. The van der Waals surface area contributed by atoms with Crippen LogP contribution in [0.3, 0.4) is 0 Å². The van der Waals surface area contributed by atoms with Crippen LogP contribution < -0.4 is 5.32 Å². The summed E-state index contributed by atoms with van der Waals surface area (Å²) in [6.45, 7) is 3.08. The molecule has 2 aromatic carbocycles. The van der Waals surface area contributed by atoms with Crippen molar-refractivity contribution >= 4 is 33.9 Å². The molecule has 0 aliphatic carbocycles. The molecule has 1 amide bonds. The van der Waals surface area contributed by atoms with E-state index in [-0.39, 0.29) is 24.8 Å². The first kappa shape index (κ1) is 20.2. The zero-order chi connectivity index (χ0) is 22.1. The zero-order valence-corrected chi connectivity index (χ0v) is 17.3. The monoisotopic (exact) mass is 435 g/mol. The molecule has 3 N–H and O–H groups in total. The number of para-hydroxylation sites is 1. The zero-order valence-electron chi connectivity index (χ0n) is 17.3. The van der Waals surface area contributed by atoms with E-state index >= 15 is 0 Å². The number of hydrogen-bond donors (Lipinski definition) is 3. The molecule has 0 atom stereocenters. The highest BCUT2D eigenvalue weighted by Gasteiger charge is 2.29. The number of aliphatic imine (C=N–C) groups is 1. The Labute approximate surface area is 183 Å². The number of rotatable bonds is 5. The Bertz CT molecular complexity index is 1240. The summed E-state index contributed by atoms with van der Waals surface area (Å²) >= 11 is 0. The third kappa shape index (κ3) is 3.71. The first-order valence-electron chi connectivity index (χ1n) is 10.5. The molecule has 3 heterocycles. The minimum atomic E-state index is -0.421. The van der Waals surface area contributed by atoms with Crippen molar-refractivity contribution in [1.82, 2.24) is 15.2 Å². The molecule has 0 radical (unpaired) electrons. The molecular formula is C23H22FN5O3. The summed E-state index contributed by atoms with van der Waals surface area (Å²) in [6.07, 6.45) is 0.217. The Hall–Kier alpha value is -3.72. The van der Waals surface area contributed by atoms with Gasteiger partial charge in [-0.15, -0.1) is 0 Å². The number of benzene rings is 2. The Morgan fingerprint density at radius 1 is 1.22 bits per heavy atom. The van der Waals surface area contributed by atoms with E-state index < -0.39 is 5.82 Å². The molecule has 1 saturated heterocycles. The standard InChI is InChI=1S/C23H22FN5O3/c24-14-5-6-18-16(13-14)20(23(31)27-18)22-21(15-3-1-2-4-17(15)26-22)28-32-12-7-19(30)29-10-8-25-9-11-29/h1-6,13,25,27,31H,7-12H2. The summed E-state index contributed by atoms with van der Waals surface area (Å²) in [5.41, 5.74) is 3.16. The summed E-state index contributed by atoms with van der Waals surface area (Å²) in [5.74, 6) is -0.522. The summed E-state index contributed by atoms with van der Waals surface area (Å²) in [7, 11) is 0. The summed E-state index contributed by atoms with van der Waals surface area (Å²) in [5, 5.41) is 18.5. The summed E-state index contributed by atoms with van der Waals surface area (Å²) < 4.78 is 13.9. The minimum absolute atomic E-state index is 0.0251. The predicted octanol–water partition coefficient (Wildman–Crippen LogP) is 2.69. The van der Waals surface area contributed by atoms with E-state index in [0.717, 1.165) is 18.7 Å². The number of aromatic amines is 1. The first-order chi connectivity index (χ1) is 15.6. The molecule has 1 fully saturated rings. The number of carbonyl (C=O) groups is 1. The fraction of sp³-hybridized carbons (Fsp3) is 0.261. The lowest BCUT2D eigenvalue weighted by Gasteiger charge is -2.27. The van der Waals surface area contributed by atoms with Crippen molar-refractivity contribution < 1.29 is 19.1 Å². The first-order valence-corrected chi connectivity index (χ1v) is 10.5. The van der Waals surface area contributed by atoms with Crippen LogP contribution >= 0.6 is 0 Å². The smallest absolute Gasteiger partial charge is 0.226 e. The second-order valence-electron chi connectivity index (χ2n) is 7.67. The van der Waals surface area contributed by atoms with Crippen molar-refractivity contribution in [3.8, 4) is 5.88 Å². The molecule has 0 unspecified atom stereocenters. The third-order valence-electron chi connectivity index (χ3n) is 5.63. The summed E-state index contributed by atoms with van der Waals surface area (Å²) in [4.78, 5) is 27.1. The number of halogens is 1. The van der Waals surface area contributed by atoms with Gasteiger partial charge in [0.25, 0.3) is 0 Å². The van der Waals surface area contributed by atoms with E-state index in [2.05, 4.69) is 20.4 Å². The van der Waals surface area contributed by atoms with Crippen LogP contribution in [0.4, 0.5) is 10.1 Å². The number of carbonyl (C=O) groups excluding carboxylic acids is 1. The van der Waals surface area contributed by atoms with Crippen LogP contribution in [0.15, 0.2) is 52.6 Å². The van der Waals surface area contributed by atoms with E-state index in [9.17, 15) is 14.3 Å². The minimum Gasteiger partial charge on any atom is -0.494 e. The molecule has 1 aromatic heterocycles. The van der Waals surface area contributed by atoms with E-state index in [1.807, 2.05) is 29.2 Å². The average molecular weight is 435 g/mol. The van der Waals surface area contributed by atoms with Gasteiger partial charge in [0, 0.05) is 42.6 Å². The quantitative estimate of drug-likeness (QED) is 0.424. The van der Waals surface area contributed by atoms with Crippen LogP contribution in [-0.2, 0) is 9.63 Å². The van der Waals surface area contributed by atoms with Crippen molar-refractivity contribution in [1.29, 1.82) is 0 Å². The van der Waals surface area contributed by atoms with Gasteiger partial charge in [0.2, 0.25) is 5.91 Å². The molecule has 3 aromatic rings. The van der Waals surface area contributed by atoms with Crippen molar-refractivity contribution in [3.63, 3.8) is 0 Å². The number of nitrogens with zero attached hydrogens (tertiary/aromatic N) is 3. The fourth-order valence-electron chi connectivity index (χ4n) is 4.04. The number of H-pyrrole nitrogens is 1. The van der Waals surface area contributed by atoms with Gasteiger partial charge in [-0.1, -0.05) is 23.4 Å². The van der Waals surface area contributed by atoms with Gasteiger partial charge < -0.3 is 25.1 Å². The van der Waals surface area contributed by atoms with E-state index in [1.54, 1.807) is 6.07 Å². The predicted molar refractivity (Wildman–Crippen MR) is 119 cm³/mol. The fourth-order valence-corrected chi connectivity index (χ4v) is 4.04. The number of oxime groups is 1. The van der Waals surface area contributed by atoms with Gasteiger partial charge in [0.05, 0.1) is 17.7 Å². The number of nitrogens with one attached hydrogen (secondary N) is 2. The van der Waals surface area contributed by atoms with Gasteiger partial charge in [0.15, 0.2) is 5.88 Å². The van der Waals surface area contributed by atoms with Crippen LogP contribution in [0.1, 0.15) is 17.5 Å². The van der Waals surface area contributed by atoms with Crippen LogP contribution in [0.25, 0.3) is 10.9 Å². The van der Waals surface area contributed by atoms with E-state index in [0.29, 0.717) is 46.7 Å². The van der Waals surface area contributed by atoms with Crippen molar-refractivity contribution in [2.24, 2.45) is 10.1 Å². The maximum atomic E-state index is 13.9. The topological polar surface area (TPSA) is 102 Å². The number of aromatic hydroxyl groups is 1. The second-order valence-corrected chi connectivity index (χ2v) is 7.67. The van der Waals surface area contributed by atoms with E-state index in [1.165, 1.54) is 12.1 Å². The largest absolute Gasteiger partial charge is 0.494 e. The molecule has 8 nitrogen and oxygen atoms in total. The highest BCUT2D eigenvalue weighted by Crippen LogP contribution is 2.35. The Kier molecular flexibility index (Phi) is 5.32. The molecule has 0 saturated carbocycles. The van der Waals surface area contributed by atoms with Gasteiger partial charge in [-0.05, 0) is 24.3 Å². The average Bonchev–Trinajstić information content (AvgIpc) is 3.33. The molecule has 2 aliphatic rings. The lowest BCUT2D eigenvalue weighted by Crippen LogP contribution is -2.46. The Morgan fingerprint density at radius 2 is 2.03 bits per heavy atom. The molecule has 0 bridgehead atoms. The molecule has 164 valence electrons. The number of fused-ring (bicyclic) bond motifs is 2. The normalized spacial score (nSPS) is 17.0. The molecule has 0 spiro atoms. The van der Waals surface area contributed by atoms with Crippen LogP contribution in [0.2, 0.25) is 0 Å². The Balaban J connectivity index is 1.41. The Morgan fingerprint density at radius 3 is 2.88 bits per heavy atom. The summed E-state index contributed by atoms with van der Waals surface area (Å²) in [6, 6.07) is 11.6. The van der Waals surface area contributed by atoms with Crippen molar-refractivity contribution in [2.45, 2.75) is 6.42 Å². The highest BCUT2D eigenvalue weighted by atomic mass is 19.1. The van der Waals surface area contributed by atoms with Gasteiger partial charge in [-0.25, -0.2) is 9.38 Å². The maximum absolute atomic E-state index is 13.9. The SMILES string of the molecule is O=C(CCON=C1C(c2c(O)[nH]c3ccc(F)cc23)=Nc2ccccc21)N1CCNCC1. The third-order valence-corrected chi connectivity index (χ3v) is 5.63. The second kappa shape index (κ2) is 8.43. The number of amides is 1. The number of aromatic nitrogens is 1. The van der Waals surface area contributed by atoms with Crippen molar-refractivity contribution in [3.05, 3.63) is 59.4 Å². The lowest BCUT2D eigenvalue weighted by atomic mass is 10.0. The molecule has 2 aliphatic heterocycles. The number of hydrogen-bond acceptors (Lipinski definition) is 6. The van der Waals surface area contributed by atoms with Gasteiger partial charge in [-0.2, -0.15) is 0 Å². The van der Waals surface area contributed by atoms with Crippen LogP contribution in [0.5, 0.6) is 5.88 Å². The van der Waals surface area contributed by atoms with Crippen molar-refractivity contribution in [2.75, 3.05) is 32.8 Å².